The summed E-state index contributed by atoms with van der Waals surface area (Å²) in [7, 11) is 0. The molecule has 0 bridgehead atoms. The number of nitrogens with two attached hydrogens (primary N) is 1. The first-order chi connectivity index (χ1) is 10.6. The summed E-state index contributed by atoms with van der Waals surface area (Å²) in [5.74, 6) is 0.624. The number of piperidine rings is 1. The minimum atomic E-state index is 0.275. The quantitative estimate of drug-likeness (QED) is 0.912. The Morgan fingerprint density at radius 3 is 2.86 bits per heavy atom. The van der Waals surface area contributed by atoms with E-state index in [4.69, 9.17) is 17.3 Å². The molecule has 2 N–H and O–H groups in total. The molecule has 0 saturated carbocycles. The molecule has 4 heteroatoms. The second-order valence-corrected chi connectivity index (χ2v) is 7.99. The molecule has 1 aromatic carbocycles. The van der Waals surface area contributed by atoms with E-state index in [1.807, 2.05) is 0 Å². The van der Waals surface area contributed by atoms with Crippen LogP contribution in [0.15, 0.2) is 35.7 Å². The van der Waals surface area contributed by atoms with Crippen LogP contribution in [0, 0.1) is 12.8 Å². The van der Waals surface area contributed by atoms with Gasteiger partial charge >= 0.3 is 0 Å². The Bertz CT molecular complexity index is 625. The molecule has 1 saturated heterocycles. The smallest absolute Gasteiger partial charge is 0.0931 e. The van der Waals surface area contributed by atoms with Crippen LogP contribution in [0.5, 0.6) is 0 Å². The minimum absolute atomic E-state index is 0.275. The van der Waals surface area contributed by atoms with E-state index < -0.39 is 0 Å². The third-order valence-corrected chi connectivity index (χ3v) is 5.59. The zero-order valence-electron chi connectivity index (χ0n) is 13.0. The van der Waals surface area contributed by atoms with Gasteiger partial charge in [0.1, 0.15) is 0 Å². The van der Waals surface area contributed by atoms with Gasteiger partial charge in [-0.3, -0.25) is 4.90 Å². The Hall–Kier alpha value is -0.870. The lowest BCUT2D eigenvalue weighted by atomic mass is 9.89. The predicted octanol–water partition coefficient (Wildman–Crippen LogP) is 4.10. The van der Waals surface area contributed by atoms with Gasteiger partial charge in [-0.25, -0.2) is 0 Å². The normalized spacial score (nSPS) is 22.9. The van der Waals surface area contributed by atoms with Crippen LogP contribution >= 0.6 is 22.9 Å². The predicted molar refractivity (Wildman–Crippen MR) is 95.6 cm³/mol. The summed E-state index contributed by atoms with van der Waals surface area (Å²) in [6.45, 7) is 5.30. The lowest BCUT2D eigenvalue weighted by Crippen LogP contribution is -2.47. The lowest BCUT2D eigenvalue weighted by Gasteiger charge is -2.36. The molecule has 118 valence electrons. The fourth-order valence-electron chi connectivity index (χ4n) is 3.44. The van der Waals surface area contributed by atoms with Gasteiger partial charge in [0.2, 0.25) is 0 Å². The largest absolute Gasteiger partial charge is 0.327 e. The average molecular weight is 335 g/mol. The number of rotatable bonds is 4. The van der Waals surface area contributed by atoms with Gasteiger partial charge in [0, 0.05) is 25.7 Å². The van der Waals surface area contributed by atoms with Gasteiger partial charge in [-0.1, -0.05) is 35.9 Å². The van der Waals surface area contributed by atoms with Crippen LogP contribution in [0.25, 0.3) is 0 Å². The van der Waals surface area contributed by atoms with Gasteiger partial charge < -0.3 is 5.73 Å². The molecule has 1 aromatic heterocycles. The molecule has 0 aliphatic carbocycles. The molecule has 2 nitrogen and oxygen atoms in total. The monoisotopic (exact) mass is 334 g/mol. The van der Waals surface area contributed by atoms with Crippen molar-refractivity contribution in [1.29, 1.82) is 0 Å². The average Bonchev–Trinajstić information content (AvgIpc) is 2.86. The Balaban J connectivity index is 1.64. The van der Waals surface area contributed by atoms with Crippen molar-refractivity contribution in [2.45, 2.75) is 32.4 Å². The molecule has 2 atom stereocenters. The highest BCUT2D eigenvalue weighted by atomic mass is 35.5. The Labute approximate surface area is 141 Å². The third kappa shape index (κ3) is 4.11. The van der Waals surface area contributed by atoms with Crippen molar-refractivity contribution < 1.29 is 0 Å². The highest BCUT2D eigenvalue weighted by Gasteiger charge is 2.25. The number of aryl methyl sites for hydroxylation is 1. The lowest BCUT2D eigenvalue weighted by molar-refractivity contribution is 0.149. The molecule has 2 heterocycles. The highest BCUT2D eigenvalue weighted by Crippen LogP contribution is 2.26. The number of halogens is 1. The maximum atomic E-state index is 6.30. The van der Waals surface area contributed by atoms with Crippen molar-refractivity contribution >= 4 is 22.9 Å². The molecule has 1 aliphatic heterocycles. The second kappa shape index (κ2) is 7.14. The van der Waals surface area contributed by atoms with Gasteiger partial charge in [-0.15, -0.1) is 11.3 Å². The number of benzene rings is 1. The van der Waals surface area contributed by atoms with Crippen LogP contribution in [0.4, 0.5) is 0 Å². The molecule has 2 aromatic rings. The maximum Gasteiger partial charge on any atom is 0.0931 e. The van der Waals surface area contributed by atoms with Crippen molar-refractivity contribution in [2.24, 2.45) is 11.7 Å². The number of hydrogen-bond acceptors (Lipinski definition) is 3. The number of thiophene rings is 1. The van der Waals surface area contributed by atoms with E-state index in [1.165, 1.54) is 16.7 Å². The molecule has 2 unspecified atom stereocenters. The summed E-state index contributed by atoms with van der Waals surface area (Å²) in [4.78, 5) is 2.51. The topological polar surface area (TPSA) is 29.3 Å². The number of hydrogen-bond donors (Lipinski definition) is 1. The number of likely N-dealkylation sites (tertiary alicyclic amines) is 1. The van der Waals surface area contributed by atoms with E-state index >= 15 is 0 Å². The first-order valence-corrected chi connectivity index (χ1v) is 9.11. The Morgan fingerprint density at radius 2 is 2.14 bits per heavy atom. The van der Waals surface area contributed by atoms with E-state index in [-0.39, 0.29) is 6.04 Å². The van der Waals surface area contributed by atoms with Gasteiger partial charge in [-0.05, 0) is 53.8 Å². The van der Waals surface area contributed by atoms with Gasteiger partial charge in [0.25, 0.3) is 0 Å². The summed E-state index contributed by atoms with van der Waals surface area (Å²) < 4.78 is 0.881. The van der Waals surface area contributed by atoms with Crippen molar-refractivity contribution in [3.05, 3.63) is 56.7 Å². The van der Waals surface area contributed by atoms with Crippen LogP contribution in [0.1, 0.15) is 23.1 Å². The molecule has 1 aliphatic rings. The van der Waals surface area contributed by atoms with E-state index in [9.17, 15) is 0 Å². The third-order valence-electron chi connectivity index (χ3n) is 4.45. The summed E-state index contributed by atoms with van der Waals surface area (Å²) in [5, 5.41) is 2.17. The highest BCUT2D eigenvalue weighted by molar-refractivity contribution is 7.14. The first kappa shape index (κ1) is 16.0. The van der Waals surface area contributed by atoms with Crippen LogP contribution in [-0.4, -0.2) is 24.0 Å². The fourth-order valence-corrected chi connectivity index (χ4v) is 4.36. The summed E-state index contributed by atoms with van der Waals surface area (Å²) in [5.41, 5.74) is 10.4. The minimum Gasteiger partial charge on any atom is -0.327 e. The van der Waals surface area contributed by atoms with E-state index in [0.29, 0.717) is 5.92 Å². The van der Waals surface area contributed by atoms with Gasteiger partial charge in [0.05, 0.1) is 4.34 Å². The summed E-state index contributed by atoms with van der Waals surface area (Å²) >= 11 is 7.66. The van der Waals surface area contributed by atoms with Gasteiger partial charge in [0.15, 0.2) is 0 Å². The second-order valence-electron chi connectivity index (χ2n) is 6.45. The molecule has 1 fully saturated rings. The Kier molecular flexibility index (Phi) is 5.19. The van der Waals surface area contributed by atoms with Gasteiger partial charge in [-0.2, -0.15) is 0 Å². The molecule has 0 spiro atoms. The van der Waals surface area contributed by atoms with E-state index in [0.717, 1.165) is 36.8 Å². The van der Waals surface area contributed by atoms with Crippen molar-refractivity contribution in [3.63, 3.8) is 0 Å². The van der Waals surface area contributed by atoms with Crippen LogP contribution in [-0.2, 0) is 13.0 Å². The molecular weight excluding hydrogens is 312 g/mol. The van der Waals surface area contributed by atoms with Crippen LogP contribution in [0.2, 0.25) is 4.34 Å². The Morgan fingerprint density at radius 1 is 1.32 bits per heavy atom. The molecule has 0 amide bonds. The molecular formula is C18H23ClN2S. The fraction of sp³-hybridized carbons (Fsp3) is 0.444. The molecule has 3 rings (SSSR count). The SMILES string of the molecule is Cc1ccccc1CN1CC(N)CC(Cc2csc(Cl)c2)C1. The molecule has 22 heavy (non-hydrogen) atoms. The van der Waals surface area contributed by atoms with Crippen LogP contribution in [0.3, 0.4) is 0 Å². The standard InChI is InChI=1S/C18H23ClN2S/c1-13-4-2-3-5-16(13)10-21-9-14(7-17(20)11-21)6-15-8-18(19)22-12-15/h2-5,8,12,14,17H,6-7,9-11,20H2,1H3. The molecule has 0 radical (unpaired) electrons. The van der Waals surface area contributed by atoms with E-state index in [1.54, 1.807) is 11.3 Å². The van der Waals surface area contributed by atoms with Crippen molar-refractivity contribution in [2.75, 3.05) is 13.1 Å². The van der Waals surface area contributed by atoms with E-state index in [2.05, 4.69) is 47.5 Å². The zero-order chi connectivity index (χ0) is 15.5. The summed E-state index contributed by atoms with van der Waals surface area (Å²) in [6.07, 6.45) is 2.19. The van der Waals surface area contributed by atoms with Crippen LogP contribution < -0.4 is 5.73 Å². The number of nitrogens with zero attached hydrogens (tertiary/aromatic N) is 1. The van der Waals surface area contributed by atoms with Crippen molar-refractivity contribution in [1.82, 2.24) is 4.90 Å². The zero-order valence-corrected chi connectivity index (χ0v) is 14.5. The maximum absolute atomic E-state index is 6.30. The van der Waals surface area contributed by atoms with Crippen molar-refractivity contribution in [3.8, 4) is 0 Å². The summed E-state index contributed by atoms with van der Waals surface area (Å²) in [6, 6.07) is 11.0. The first-order valence-electron chi connectivity index (χ1n) is 7.85.